The van der Waals surface area contributed by atoms with Crippen molar-refractivity contribution in [3.63, 3.8) is 0 Å². The summed E-state index contributed by atoms with van der Waals surface area (Å²) in [5.41, 5.74) is 0.324. The number of aromatic nitrogens is 1. The quantitative estimate of drug-likeness (QED) is 0.815. The highest BCUT2D eigenvalue weighted by atomic mass is 35.7. The van der Waals surface area contributed by atoms with Crippen molar-refractivity contribution in [2.75, 3.05) is 6.54 Å². The van der Waals surface area contributed by atoms with Crippen molar-refractivity contribution < 1.29 is 13.2 Å². The first-order valence-electron chi connectivity index (χ1n) is 5.83. The van der Waals surface area contributed by atoms with E-state index in [4.69, 9.17) is 10.7 Å². The highest BCUT2D eigenvalue weighted by Gasteiger charge is 2.19. The summed E-state index contributed by atoms with van der Waals surface area (Å²) in [7, 11) is 1.47. The van der Waals surface area contributed by atoms with Crippen LogP contribution in [0.2, 0.25) is 0 Å². The zero-order chi connectivity index (χ0) is 13.8. The van der Waals surface area contributed by atoms with E-state index in [-0.39, 0.29) is 10.8 Å². The van der Waals surface area contributed by atoms with Crippen LogP contribution < -0.4 is 5.32 Å². The Hall–Kier alpha value is -1.01. The molecule has 1 aromatic rings. The van der Waals surface area contributed by atoms with Crippen LogP contribution in [0.15, 0.2) is 17.2 Å². The third-order valence-electron chi connectivity index (χ3n) is 2.39. The van der Waals surface area contributed by atoms with Crippen LogP contribution in [-0.4, -0.2) is 25.4 Å². The van der Waals surface area contributed by atoms with Gasteiger partial charge in [-0.1, -0.05) is 13.8 Å². The predicted octanol–water partition coefficient (Wildman–Crippen LogP) is 1.97. The molecule has 0 atom stereocenters. The lowest BCUT2D eigenvalue weighted by molar-refractivity contribution is 0.0944. The zero-order valence-electron chi connectivity index (χ0n) is 10.4. The van der Waals surface area contributed by atoms with Gasteiger partial charge in [-0.3, -0.25) is 4.79 Å². The molecule has 1 amide bonds. The normalized spacial score (nSPS) is 11.5. The SMILES string of the molecule is CCCNC(=O)c1cc(S(=O)(=O)Cl)cn1CCC. The summed E-state index contributed by atoms with van der Waals surface area (Å²) in [4.78, 5) is 11.8. The number of aryl methyl sites for hydroxylation is 1. The fourth-order valence-electron chi connectivity index (χ4n) is 1.56. The number of carbonyl (C=O) groups excluding carboxylic acids is 1. The van der Waals surface area contributed by atoms with Gasteiger partial charge in [0.1, 0.15) is 10.6 Å². The molecule has 0 aliphatic rings. The maximum atomic E-state index is 11.9. The average Bonchev–Trinajstić information content (AvgIpc) is 2.70. The molecule has 1 heterocycles. The fourth-order valence-corrected chi connectivity index (χ4v) is 2.32. The average molecular weight is 293 g/mol. The number of rotatable bonds is 6. The van der Waals surface area contributed by atoms with Gasteiger partial charge >= 0.3 is 0 Å². The van der Waals surface area contributed by atoms with Crippen molar-refractivity contribution in [3.05, 3.63) is 18.0 Å². The Morgan fingerprint density at radius 2 is 2.06 bits per heavy atom. The number of halogens is 1. The molecule has 0 bridgehead atoms. The van der Waals surface area contributed by atoms with Gasteiger partial charge in [-0.05, 0) is 18.9 Å². The van der Waals surface area contributed by atoms with Crippen LogP contribution in [0.5, 0.6) is 0 Å². The number of nitrogens with one attached hydrogen (secondary N) is 1. The Morgan fingerprint density at radius 1 is 1.39 bits per heavy atom. The lowest BCUT2D eigenvalue weighted by Crippen LogP contribution is -2.26. The first-order valence-corrected chi connectivity index (χ1v) is 8.14. The minimum Gasteiger partial charge on any atom is -0.351 e. The molecule has 0 spiro atoms. The summed E-state index contributed by atoms with van der Waals surface area (Å²) in [6, 6.07) is 1.31. The standard InChI is InChI=1S/C11H17ClN2O3S/c1-3-5-13-11(15)10-7-9(18(12,16)17)8-14(10)6-4-2/h7-8H,3-6H2,1-2H3,(H,13,15). The summed E-state index contributed by atoms with van der Waals surface area (Å²) in [5, 5.41) is 2.71. The number of hydrogen-bond donors (Lipinski definition) is 1. The van der Waals surface area contributed by atoms with Crippen LogP contribution >= 0.6 is 10.7 Å². The van der Waals surface area contributed by atoms with Crippen LogP contribution in [-0.2, 0) is 15.6 Å². The molecular weight excluding hydrogens is 276 g/mol. The molecule has 18 heavy (non-hydrogen) atoms. The van der Waals surface area contributed by atoms with Gasteiger partial charge in [0.2, 0.25) is 0 Å². The van der Waals surface area contributed by atoms with Crippen molar-refractivity contribution in [2.45, 2.75) is 38.1 Å². The maximum Gasteiger partial charge on any atom is 0.267 e. The van der Waals surface area contributed by atoms with Gasteiger partial charge in [0.05, 0.1) is 0 Å². The van der Waals surface area contributed by atoms with Gasteiger partial charge in [0.25, 0.3) is 15.0 Å². The van der Waals surface area contributed by atoms with Gasteiger partial charge in [-0.15, -0.1) is 0 Å². The molecular formula is C11H17ClN2O3S. The van der Waals surface area contributed by atoms with Crippen LogP contribution in [0.4, 0.5) is 0 Å². The molecule has 7 heteroatoms. The molecule has 0 unspecified atom stereocenters. The minimum atomic E-state index is -3.81. The second-order valence-corrected chi connectivity index (χ2v) is 6.51. The third-order valence-corrected chi connectivity index (χ3v) is 3.71. The maximum absolute atomic E-state index is 11.9. The molecule has 1 rings (SSSR count). The summed E-state index contributed by atoms with van der Waals surface area (Å²) < 4.78 is 24.1. The van der Waals surface area contributed by atoms with E-state index >= 15 is 0 Å². The smallest absolute Gasteiger partial charge is 0.267 e. The van der Waals surface area contributed by atoms with E-state index in [9.17, 15) is 13.2 Å². The molecule has 0 aromatic carbocycles. The molecule has 0 radical (unpaired) electrons. The Kier molecular flexibility index (Phi) is 5.22. The van der Waals surface area contributed by atoms with Gasteiger partial charge in [0, 0.05) is 30.0 Å². The number of nitrogens with zero attached hydrogens (tertiary/aromatic N) is 1. The molecule has 0 fully saturated rings. The van der Waals surface area contributed by atoms with Gasteiger partial charge in [-0.2, -0.15) is 0 Å². The van der Waals surface area contributed by atoms with E-state index in [1.807, 2.05) is 13.8 Å². The lowest BCUT2D eigenvalue weighted by Gasteiger charge is -2.07. The summed E-state index contributed by atoms with van der Waals surface area (Å²) >= 11 is 0. The molecule has 0 saturated heterocycles. The van der Waals surface area contributed by atoms with Gasteiger partial charge < -0.3 is 9.88 Å². The molecule has 0 aliphatic carbocycles. The van der Waals surface area contributed by atoms with Crippen LogP contribution in [0, 0.1) is 0 Å². The Morgan fingerprint density at radius 3 is 2.56 bits per heavy atom. The van der Waals surface area contributed by atoms with Gasteiger partial charge in [0.15, 0.2) is 0 Å². The van der Waals surface area contributed by atoms with Crippen LogP contribution in [0.3, 0.4) is 0 Å². The fraction of sp³-hybridized carbons (Fsp3) is 0.545. The Bertz CT molecular complexity index is 522. The Labute approximate surface area is 112 Å². The van der Waals surface area contributed by atoms with E-state index in [2.05, 4.69) is 5.32 Å². The first-order chi connectivity index (χ1) is 8.40. The zero-order valence-corrected chi connectivity index (χ0v) is 12.0. The molecule has 102 valence electrons. The monoisotopic (exact) mass is 292 g/mol. The molecule has 1 aromatic heterocycles. The largest absolute Gasteiger partial charge is 0.351 e. The van der Waals surface area contributed by atoms with E-state index in [0.717, 1.165) is 12.8 Å². The molecule has 5 nitrogen and oxygen atoms in total. The van der Waals surface area contributed by atoms with E-state index in [0.29, 0.717) is 18.8 Å². The van der Waals surface area contributed by atoms with Crippen LogP contribution in [0.25, 0.3) is 0 Å². The summed E-state index contributed by atoms with van der Waals surface area (Å²) in [6.45, 7) is 5.02. The second kappa shape index (κ2) is 6.24. The molecule has 0 aliphatic heterocycles. The van der Waals surface area contributed by atoms with Crippen molar-refractivity contribution in [1.82, 2.24) is 9.88 Å². The van der Waals surface area contributed by atoms with E-state index in [1.54, 1.807) is 4.57 Å². The second-order valence-electron chi connectivity index (χ2n) is 3.95. The minimum absolute atomic E-state index is 0.0423. The predicted molar refractivity (Wildman–Crippen MR) is 70.4 cm³/mol. The number of amides is 1. The van der Waals surface area contributed by atoms with Crippen LogP contribution in [0.1, 0.15) is 37.2 Å². The highest BCUT2D eigenvalue weighted by molar-refractivity contribution is 8.13. The summed E-state index contributed by atoms with van der Waals surface area (Å²) in [6.07, 6.45) is 3.01. The van der Waals surface area contributed by atoms with Crippen molar-refractivity contribution in [3.8, 4) is 0 Å². The molecule has 1 N–H and O–H groups in total. The highest BCUT2D eigenvalue weighted by Crippen LogP contribution is 2.19. The van der Waals surface area contributed by atoms with E-state index in [1.165, 1.54) is 12.3 Å². The van der Waals surface area contributed by atoms with Crippen molar-refractivity contribution >= 4 is 25.6 Å². The lowest BCUT2D eigenvalue weighted by atomic mass is 10.3. The number of hydrogen-bond acceptors (Lipinski definition) is 3. The molecule has 0 saturated carbocycles. The van der Waals surface area contributed by atoms with Crippen molar-refractivity contribution in [2.24, 2.45) is 0 Å². The van der Waals surface area contributed by atoms with Gasteiger partial charge in [-0.25, -0.2) is 8.42 Å². The Balaban J connectivity index is 3.08. The first kappa shape index (κ1) is 15.0. The topological polar surface area (TPSA) is 68.2 Å². The van der Waals surface area contributed by atoms with Crippen molar-refractivity contribution in [1.29, 1.82) is 0 Å². The third kappa shape index (κ3) is 3.74. The van der Waals surface area contributed by atoms with E-state index < -0.39 is 9.05 Å². The number of carbonyl (C=O) groups is 1. The summed E-state index contributed by atoms with van der Waals surface area (Å²) in [5.74, 6) is -0.281.